The highest BCUT2D eigenvalue weighted by atomic mass is 16.7. The van der Waals surface area contributed by atoms with E-state index in [1.807, 2.05) is 0 Å². The third kappa shape index (κ3) is 11.4. The summed E-state index contributed by atoms with van der Waals surface area (Å²) in [6.07, 6.45) is 2.05. The van der Waals surface area contributed by atoms with Gasteiger partial charge in [-0.15, -0.1) is 0 Å². The van der Waals surface area contributed by atoms with Crippen LogP contribution in [-0.4, -0.2) is 101 Å². The number of carbonyl (C=O) groups is 8. The summed E-state index contributed by atoms with van der Waals surface area (Å²) in [5.41, 5.74) is 0.745. The molecule has 1 unspecified atom stereocenters. The average Bonchev–Trinajstić information content (AvgIpc) is 3.61. The molecule has 2 aromatic rings. The van der Waals surface area contributed by atoms with Gasteiger partial charge in [-0.2, -0.15) is 0 Å². The number of nitrogens with zero attached hydrogens (tertiary/aromatic N) is 3. The van der Waals surface area contributed by atoms with Crippen LogP contribution in [0.15, 0.2) is 72.8 Å². The Bertz CT molecular complexity index is 1760. The number of benzene rings is 2. The third-order valence-corrected chi connectivity index (χ3v) is 7.56. The van der Waals surface area contributed by atoms with Crippen molar-refractivity contribution in [3.8, 4) is 5.75 Å². The molecule has 0 saturated carbocycles. The highest BCUT2D eigenvalue weighted by Gasteiger charge is 2.32. The first-order valence-electron chi connectivity index (χ1n) is 15.9. The molecule has 7 amide bonds. The molecule has 0 fully saturated rings. The second kappa shape index (κ2) is 17.9. The molecule has 2 aliphatic rings. The number of hydrogen-bond acceptors (Lipinski definition) is 13. The lowest BCUT2D eigenvalue weighted by molar-refractivity contribution is -0.384. The van der Waals surface area contributed by atoms with E-state index in [-0.39, 0.29) is 31.1 Å². The van der Waals surface area contributed by atoms with Crippen LogP contribution in [0.3, 0.4) is 0 Å². The number of anilines is 1. The van der Waals surface area contributed by atoms with Gasteiger partial charge in [0.25, 0.3) is 29.3 Å². The van der Waals surface area contributed by atoms with Gasteiger partial charge in [0.15, 0.2) is 0 Å². The fourth-order valence-corrected chi connectivity index (χ4v) is 4.81. The molecular weight excluding hydrogens is 700 g/mol. The van der Waals surface area contributed by atoms with E-state index < -0.39 is 83.6 Å². The maximum absolute atomic E-state index is 12.9. The molecule has 0 radical (unpaired) electrons. The largest absolute Gasteiger partial charge is 0.514 e. The first-order chi connectivity index (χ1) is 25.2. The summed E-state index contributed by atoms with van der Waals surface area (Å²) >= 11 is 0. The van der Waals surface area contributed by atoms with Crippen LogP contribution in [0.2, 0.25) is 0 Å². The lowest BCUT2D eigenvalue weighted by Crippen LogP contribution is -2.52. The Kier molecular flexibility index (Phi) is 13.2. The summed E-state index contributed by atoms with van der Waals surface area (Å²) in [5, 5.41) is 18.3. The minimum Gasteiger partial charge on any atom is -0.429 e. The van der Waals surface area contributed by atoms with Gasteiger partial charge >= 0.3 is 6.16 Å². The second-order valence-corrected chi connectivity index (χ2v) is 11.8. The third-order valence-electron chi connectivity index (χ3n) is 7.56. The van der Waals surface area contributed by atoms with Crippen LogP contribution in [0.4, 0.5) is 16.2 Å². The Labute approximate surface area is 301 Å². The van der Waals surface area contributed by atoms with Crippen molar-refractivity contribution in [2.24, 2.45) is 5.92 Å². The van der Waals surface area contributed by atoms with E-state index in [1.54, 1.807) is 26.0 Å². The zero-order chi connectivity index (χ0) is 38.7. The van der Waals surface area contributed by atoms with Crippen LogP contribution < -0.4 is 20.7 Å². The Morgan fingerprint density at radius 2 is 1.34 bits per heavy atom. The maximum Gasteiger partial charge on any atom is 0.514 e. The molecular formula is C34H34N6O13. The topological polar surface area (TPSA) is 250 Å². The Hall–Kier alpha value is -6.76. The highest BCUT2D eigenvalue weighted by Crippen LogP contribution is 2.18. The predicted octanol–water partition coefficient (Wildman–Crippen LogP) is 0.741. The number of non-ortho nitro benzene ring substituents is 1. The molecule has 0 bridgehead atoms. The van der Waals surface area contributed by atoms with E-state index in [2.05, 4.69) is 16.0 Å². The van der Waals surface area contributed by atoms with Crippen LogP contribution >= 0.6 is 0 Å². The van der Waals surface area contributed by atoms with Crippen LogP contribution in [0, 0.1) is 16.0 Å². The van der Waals surface area contributed by atoms with Gasteiger partial charge in [0.05, 0.1) is 30.7 Å². The van der Waals surface area contributed by atoms with Crippen molar-refractivity contribution in [3.63, 3.8) is 0 Å². The average molecular weight is 735 g/mol. The molecule has 4 rings (SSSR count). The molecule has 2 aliphatic heterocycles. The molecule has 0 aromatic heterocycles. The van der Waals surface area contributed by atoms with Gasteiger partial charge in [-0.3, -0.25) is 53.5 Å². The summed E-state index contributed by atoms with van der Waals surface area (Å²) in [6.45, 7) is 1.33. The quantitative estimate of drug-likeness (QED) is 0.0668. The fourth-order valence-electron chi connectivity index (χ4n) is 4.81. The molecule has 1 atom stereocenters. The zero-order valence-electron chi connectivity index (χ0n) is 28.3. The van der Waals surface area contributed by atoms with Gasteiger partial charge < -0.3 is 30.2 Å². The number of imide groups is 2. The SMILES string of the molecule is CC(C)C(NC(=O)COC(CN1C(=O)C=CC1=O)CN1C(=O)C=CC1=O)C(=O)NCC(=O)Nc1ccc(COC(=O)Oc2ccc([N+](=O)[O-])cc2)cc1. The van der Waals surface area contributed by atoms with E-state index in [0.717, 1.165) is 34.1 Å². The standard InChI is InChI=1S/C34H34N6O13/c1-20(2)32(37-27(42)19-51-25(16-38-28(43)11-12-29(38)44)17-39-30(45)13-14-31(39)46)33(47)35-15-26(41)36-22-5-3-21(4-6-22)18-52-34(48)53-24-9-7-23(8-10-24)40(49)50/h3-14,20,25,32H,15-19H2,1-2H3,(H,35,47)(H,36,41)(H,37,42). The van der Waals surface area contributed by atoms with E-state index in [4.69, 9.17) is 14.2 Å². The number of amides is 7. The van der Waals surface area contributed by atoms with Crippen LogP contribution in [-0.2, 0) is 49.6 Å². The highest BCUT2D eigenvalue weighted by molar-refractivity contribution is 6.13. The van der Waals surface area contributed by atoms with Crippen LogP contribution in [0.5, 0.6) is 5.75 Å². The van der Waals surface area contributed by atoms with Gasteiger partial charge in [0, 0.05) is 42.1 Å². The number of carbonyl (C=O) groups excluding carboxylic acids is 8. The normalized spacial score (nSPS) is 14.2. The molecule has 0 spiro atoms. The van der Waals surface area contributed by atoms with E-state index in [1.165, 1.54) is 36.4 Å². The summed E-state index contributed by atoms with van der Waals surface area (Å²) in [4.78, 5) is 110. The van der Waals surface area contributed by atoms with Crippen molar-refractivity contribution in [1.82, 2.24) is 20.4 Å². The van der Waals surface area contributed by atoms with Crippen molar-refractivity contribution < 1.29 is 57.5 Å². The van der Waals surface area contributed by atoms with E-state index in [0.29, 0.717) is 11.3 Å². The first kappa shape index (κ1) is 39.0. The number of nitro groups is 1. The van der Waals surface area contributed by atoms with Gasteiger partial charge in [-0.05, 0) is 35.7 Å². The van der Waals surface area contributed by atoms with Gasteiger partial charge in [-0.25, -0.2) is 4.79 Å². The van der Waals surface area contributed by atoms with Crippen molar-refractivity contribution >= 4 is 58.9 Å². The molecule has 278 valence electrons. The smallest absolute Gasteiger partial charge is 0.429 e. The monoisotopic (exact) mass is 734 g/mol. The molecule has 2 aromatic carbocycles. The van der Waals surface area contributed by atoms with Gasteiger partial charge in [-0.1, -0.05) is 26.0 Å². The predicted molar refractivity (Wildman–Crippen MR) is 180 cm³/mol. The summed E-state index contributed by atoms with van der Waals surface area (Å²) in [7, 11) is 0. The lowest BCUT2D eigenvalue weighted by atomic mass is 10.0. The van der Waals surface area contributed by atoms with Crippen LogP contribution in [0.25, 0.3) is 0 Å². The van der Waals surface area contributed by atoms with Crippen molar-refractivity contribution in [2.45, 2.75) is 32.6 Å². The number of hydrogen-bond donors (Lipinski definition) is 3. The van der Waals surface area contributed by atoms with Crippen molar-refractivity contribution in [1.29, 1.82) is 0 Å². The molecule has 0 saturated heterocycles. The fraction of sp³-hybridized carbons (Fsp3) is 0.294. The second-order valence-electron chi connectivity index (χ2n) is 11.8. The number of nitrogens with one attached hydrogen (secondary N) is 3. The Balaban J connectivity index is 1.21. The minimum atomic E-state index is -1.12. The number of nitro benzene ring substituents is 1. The molecule has 2 heterocycles. The van der Waals surface area contributed by atoms with E-state index in [9.17, 15) is 48.5 Å². The van der Waals surface area contributed by atoms with Gasteiger partial charge in [0.2, 0.25) is 17.7 Å². The first-order valence-corrected chi connectivity index (χ1v) is 15.9. The Morgan fingerprint density at radius 1 is 0.792 bits per heavy atom. The van der Waals surface area contributed by atoms with Gasteiger partial charge in [0.1, 0.15) is 25.0 Å². The minimum absolute atomic E-state index is 0.0569. The van der Waals surface area contributed by atoms with Crippen LogP contribution in [0.1, 0.15) is 19.4 Å². The molecule has 0 aliphatic carbocycles. The molecule has 3 N–H and O–H groups in total. The number of ether oxygens (including phenoxy) is 3. The molecule has 19 nitrogen and oxygen atoms in total. The summed E-state index contributed by atoms with van der Waals surface area (Å²) in [6, 6.07) is 9.95. The maximum atomic E-state index is 12.9. The zero-order valence-corrected chi connectivity index (χ0v) is 28.3. The lowest BCUT2D eigenvalue weighted by Gasteiger charge is -2.27. The number of rotatable bonds is 17. The summed E-state index contributed by atoms with van der Waals surface area (Å²) < 4.78 is 15.6. The van der Waals surface area contributed by atoms with E-state index >= 15 is 0 Å². The molecule has 19 heteroatoms. The molecule has 53 heavy (non-hydrogen) atoms. The van der Waals surface area contributed by atoms with Crippen molar-refractivity contribution in [3.05, 3.63) is 88.5 Å². The van der Waals surface area contributed by atoms with Crippen molar-refractivity contribution in [2.75, 3.05) is 31.6 Å². The summed E-state index contributed by atoms with van der Waals surface area (Å²) in [5.74, 6) is -4.91. The Morgan fingerprint density at radius 3 is 1.85 bits per heavy atom.